The van der Waals surface area contributed by atoms with Gasteiger partial charge < -0.3 is 20.1 Å². The van der Waals surface area contributed by atoms with Gasteiger partial charge in [0.25, 0.3) is 0 Å². The molecule has 1 aromatic rings. The van der Waals surface area contributed by atoms with Crippen LogP contribution < -0.4 is 20.1 Å². The van der Waals surface area contributed by atoms with E-state index in [2.05, 4.69) is 29.5 Å². The van der Waals surface area contributed by atoms with Crippen LogP contribution in [0.15, 0.2) is 17.1 Å². The van der Waals surface area contributed by atoms with Crippen LogP contribution in [0.3, 0.4) is 0 Å². The standard InChI is InChI=1S/C15H22ClN3O2/c1-4-10(2)19-15(17-3)18-9-11-7-12(16)14-13(8-11)20-5-6-21-14/h7-8,10H,4-6,9H2,1-3H3,(H2,17,18,19). The predicted molar refractivity (Wildman–Crippen MR) is 85.5 cm³/mol. The molecule has 21 heavy (non-hydrogen) atoms. The topological polar surface area (TPSA) is 54.9 Å². The van der Waals surface area contributed by atoms with Crippen LogP contribution >= 0.6 is 11.6 Å². The van der Waals surface area contributed by atoms with Crippen molar-refractivity contribution in [2.45, 2.75) is 32.9 Å². The fraction of sp³-hybridized carbons (Fsp3) is 0.533. The van der Waals surface area contributed by atoms with E-state index in [-0.39, 0.29) is 0 Å². The van der Waals surface area contributed by atoms with Gasteiger partial charge in [-0.3, -0.25) is 4.99 Å². The van der Waals surface area contributed by atoms with Crippen molar-refractivity contribution in [2.24, 2.45) is 4.99 Å². The molecule has 0 radical (unpaired) electrons. The van der Waals surface area contributed by atoms with Gasteiger partial charge in [-0.1, -0.05) is 18.5 Å². The molecular formula is C15H22ClN3O2. The van der Waals surface area contributed by atoms with Gasteiger partial charge in [0.1, 0.15) is 13.2 Å². The number of hydrogen-bond donors (Lipinski definition) is 2. The van der Waals surface area contributed by atoms with Crippen LogP contribution in [-0.2, 0) is 6.54 Å². The molecule has 2 N–H and O–H groups in total. The van der Waals surface area contributed by atoms with E-state index in [1.807, 2.05) is 12.1 Å². The van der Waals surface area contributed by atoms with Crippen molar-refractivity contribution >= 4 is 17.6 Å². The highest BCUT2D eigenvalue weighted by atomic mass is 35.5. The summed E-state index contributed by atoms with van der Waals surface area (Å²) in [6, 6.07) is 4.21. The Bertz CT molecular complexity index is 520. The minimum absolute atomic E-state index is 0.375. The largest absolute Gasteiger partial charge is 0.486 e. The number of benzene rings is 1. The van der Waals surface area contributed by atoms with Gasteiger partial charge in [-0.15, -0.1) is 0 Å². The number of halogens is 1. The Balaban J connectivity index is 2.01. The fourth-order valence-corrected chi connectivity index (χ4v) is 2.27. The third kappa shape index (κ3) is 4.17. The number of aliphatic imine (C=N–C) groups is 1. The van der Waals surface area contributed by atoms with E-state index in [9.17, 15) is 0 Å². The van der Waals surface area contributed by atoms with Gasteiger partial charge in [0.15, 0.2) is 17.5 Å². The molecule has 0 saturated carbocycles. The van der Waals surface area contributed by atoms with Crippen molar-refractivity contribution < 1.29 is 9.47 Å². The molecule has 6 heteroatoms. The van der Waals surface area contributed by atoms with Crippen LogP contribution in [0.2, 0.25) is 5.02 Å². The number of fused-ring (bicyclic) bond motifs is 1. The van der Waals surface area contributed by atoms with Crippen molar-refractivity contribution in [1.82, 2.24) is 10.6 Å². The quantitative estimate of drug-likeness (QED) is 0.663. The Labute approximate surface area is 130 Å². The highest BCUT2D eigenvalue weighted by Gasteiger charge is 2.16. The molecule has 2 rings (SSSR count). The SMILES string of the molecule is CCC(C)NC(=NC)NCc1cc(Cl)c2c(c1)OCCO2. The Morgan fingerprint density at radius 1 is 1.38 bits per heavy atom. The Morgan fingerprint density at radius 2 is 2.14 bits per heavy atom. The van der Waals surface area contributed by atoms with Crippen molar-refractivity contribution in [3.8, 4) is 11.5 Å². The molecule has 0 saturated heterocycles. The molecule has 0 aliphatic carbocycles. The van der Waals surface area contributed by atoms with E-state index < -0.39 is 0 Å². The van der Waals surface area contributed by atoms with Crippen LogP contribution in [0.1, 0.15) is 25.8 Å². The van der Waals surface area contributed by atoms with Crippen molar-refractivity contribution in [2.75, 3.05) is 20.3 Å². The minimum atomic E-state index is 0.375. The van der Waals surface area contributed by atoms with E-state index in [1.165, 1.54) is 0 Å². The second-order valence-corrected chi connectivity index (χ2v) is 5.39. The minimum Gasteiger partial charge on any atom is -0.486 e. The average Bonchev–Trinajstić information content (AvgIpc) is 2.51. The third-order valence-corrected chi connectivity index (χ3v) is 3.62. The molecule has 0 bridgehead atoms. The normalized spacial score (nSPS) is 15.5. The molecule has 5 nitrogen and oxygen atoms in total. The Morgan fingerprint density at radius 3 is 2.86 bits per heavy atom. The molecule has 0 amide bonds. The van der Waals surface area contributed by atoms with Gasteiger partial charge in [-0.2, -0.15) is 0 Å². The van der Waals surface area contributed by atoms with Crippen LogP contribution in [0.5, 0.6) is 11.5 Å². The first-order chi connectivity index (χ1) is 10.1. The summed E-state index contributed by atoms with van der Waals surface area (Å²) in [6.45, 7) is 5.96. The molecule has 0 spiro atoms. The van der Waals surface area contributed by atoms with Crippen LogP contribution in [0.4, 0.5) is 0 Å². The van der Waals surface area contributed by atoms with Crippen LogP contribution in [-0.4, -0.2) is 32.3 Å². The molecule has 116 valence electrons. The zero-order valence-electron chi connectivity index (χ0n) is 12.7. The summed E-state index contributed by atoms with van der Waals surface area (Å²) < 4.78 is 11.1. The predicted octanol–water partition coefficient (Wildman–Crippen LogP) is 2.57. The summed E-state index contributed by atoms with van der Waals surface area (Å²) in [6.07, 6.45) is 1.04. The van der Waals surface area contributed by atoms with Crippen molar-refractivity contribution in [1.29, 1.82) is 0 Å². The smallest absolute Gasteiger partial charge is 0.191 e. The monoisotopic (exact) mass is 311 g/mol. The molecular weight excluding hydrogens is 290 g/mol. The van der Waals surface area contributed by atoms with Crippen LogP contribution in [0.25, 0.3) is 0 Å². The molecule has 0 fully saturated rings. The lowest BCUT2D eigenvalue weighted by molar-refractivity contribution is 0.171. The molecule has 1 heterocycles. The lowest BCUT2D eigenvalue weighted by Crippen LogP contribution is -2.41. The van der Waals surface area contributed by atoms with E-state index in [1.54, 1.807) is 7.05 Å². The van der Waals surface area contributed by atoms with E-state index in [4.69, 9.17) is 21.1 Å². The number of nitrogens with zero attached hydrogens (tertiary/aromatic N) is 1. The van der Waals surface area contributed by atoms with Gasteiger partial charge in [0.2, 0.25) is 0 Å². The molecule has 1 aliphatic heterocycles. The van der Waals surface area contributed by atoms with Gasteiger partial charge >= 0.3 is 0 Å². The maximum Gasteiger partial charge on any atom is 0.191 e. The first-order valence-electron chi connectivity index (χ1n) is 7.19. The maximum absolute atomic E-state index is 6.22. The highest BCUT2D eigenvalue weighted by molar-refractivity contribution is 6.32. The first kappa shape index (κ1) is 15.8. The maximum atomic E-state index is 6.22. The second-order valence-electron chi connectivity index (χ2n) is 4.98. The zero-order valence-corrected chi connectivity index (χ0v) is 13.5. The first-order valence-corrected chi connectivity index (χ1v) is 7.57. The highest BCUT2D eigenvalue weighted by Crippen LogP contribution is 2.38. The van der Waals surface area contributed by atoms with Crippen molar-refractivity contribution in [3.05, 3.63) is 22.7 Å². The van der Waals surface area contributed by atoms with E-state index in [0.717, 1.165) is 17.9 Å². The second kappa shape index (κ2) is 7.41. The van der Waals surface area contributed by atoms with Crippen molar-refractivity contribution in [3.63, 3.8) is 0 Å². The fourth-order valence-electron chi connectivity index (χ4n) is 1.98. The Hall–Kier alpha value is -1.62. The van der Waals surface area contributed by atoms with Gasteiger partial charge in [0.05, 0.1) is 5.02 Å². The third-order valence-electron chi connectivity index (χ3n) is 3.34. The number of nitrogens with one attached hydrogen (secondary N) is 2. The van der Waals surface area contributed by atoms with Gasteiger partial charge in [-0.05, 0) is 31.0 Å². The Kier molecular flexibility index (Phi) is 5.56. The van der Waals surface area contributed by atoms with Gasteiger partial charge in [0, 0.05) is 19.6 Å². The summed E-state index contributed by atoms with van der Waals surface area (Å²) in [4.78, 5) is 4.21. The number of rotatable bonds is 4. The number of ether oxygens (including phenoxy) is 2. The lowest BCUT2D eigenvalue weighted by atomic mass is 10.2. The zero-order chi connectivity index (χ0) is 15.2. The lowest BCUT2D eigenvalue weighted by Gasteiger charge is -2.21. The van der Waals surface area contributed by atoms with Crippen LogP contribution in [0, 0.1) is 0 Å². The van der Waals surface area contributed by atoms with E-state index in [0.29, 0.717) is 42.3 Å². The summed E-state index contributed by atoms with van der Waals surface area (Å²) in [5.41, 5.74) is 1.02. The number of hydrogen-bond acceptors (Lipinski definition) is 3. The molecule has 1 atom stereocenters. The molecule has 1 aromatic carbocycles. The molecule has 1 unspecified atom stereocenters. The summed E-state index contributed by atoms with van der Waals surface area (Å²) in [5.74, 6) is 2.11. The summed E-state index contributed by atoms with van der Waals surface area (Å²) >= 11 is 6.22. The van der Waals surface area contributed by atoms with E-state index >= 15 is 0 Å². The average molecular weight is 312 g/mol. The molecule has 0 aromatic heterocycles. The number of guanidine groups is 1. The summed E-state index contributed by atoms with van der Waals surface area (Å²) in [5, 5.41) is 7.16. The van der Waals surface area contributed by atoms with Gasteiger partial charge in [-0.25, -0.2) is 0 Å². The molecule has 1 aliphatic rings. The summed E-state index contributed by atoms with van der Waals surface area (Å²) in [7, 11) is 1.76.